The predicted octanol–water partition coefficient (Wildman–Crippen LogP) is 2.67. The summed E-state index contributed by atoms with van der Waals surface area (Å²) in [5.41, 5.74) is 5.75. The van der Waals surface area contributed by atoms with Crippen molar-refractivity contribution >= 4 is 11.8 Å². The van der Waals surface area contributed by atoms with E-state index >= 15 is 0 Å². The summed E-state index contributed by atoms with van der Waals surface area (Å²) in [4.78, 5) is 1.05. The molecule has 0 amide bonds. The number of thioether (sulfide) groups is 1. The molecule has 0 fully saturated rings. The number of hydrogen-bond acceptors (Lipinski definition) is 2. The van der Waals surface area contributed by atoms with Crippen LogP contribution in [0.4, 0.5) is 8.78 Å². The first-order valence-corrected chi connectivity index (χ1v) is 5.05. The van der Waals surface area contributed by atoms with E-state index in [2.05, 4.69) is 0 Å². The third-order valence-electron chi connectivity index (χ3n) is 1.77. The van der Waals surface area contributed by atoms with Gasteiger partial charge in [-0.15, -0.1) is 11.8 Å². The third-order valence-corrected chi connectivity index (χ3v) is 2.52. The topological polar surface area (TPSA) is 26.0 Å². The third kappa shape index (κ3) is 2.67. The van der Waals surface area contributed by atoms with E-state index in [1.165, 1.54) is 0 Å². The van der Waals surface area contributed by atoms with E-state index in [0.29, 0.717) is 5.56 Å². The van der Waals surface area contributed by atoms with Gasteiger partial charge in [0.1, 0.15) is 0 Å². The molecule has 72 valence electrons. The standard InChI is InChI=1S/C9H11F2NS/c1-13-7-4-2-6(3-5-7)8(12)9(10)11/h2-5,8-9H,12H2,1H3/t8-/m0/s1. The summed E-state index contributed by atoms with van der Waals surface area (Å²) >= 11 is 1.57. The van der Waals surface area contributed by atoms with Crippen LogP contribution in [0.3, 0.4) is 0 Å². The van der Waals surface area contributed by atoms with E-state index in [1.807, 2.05) is 6.26 Å². The molecular formula is C9H11F2NS. The maximum absolute atomic E-state index is 12.2. The molecule has 0 bridgehead atoms. The van der Waals surface area contributed by atoms with Crippen molar-refractivity contribution in [1.29, 1.82) is 0 Å². The van der Waals surface area contributed by atoms with Crippen LogP contribution in [0.25, 0.3) is 0 Å². The predicted molar refractivity (Wildman–Crippen MR) is 51.2 cm³/mol. The zero-order valence-electron chi connectivity index (χ0n) is 7.21. The van der Waals surface area contributed by atoms with Crippen LogP contribution in [0.5, 0.6) is 0 Å². The van der Waals surface area contributed by atoms with Gasteiger partial charge >= 0.3 is 0 Å². The molecule has 4 heteroatoms. The first-order valence-electron chi connectivity index (χ1n) is 3.83. The molecule has 1 aromatic carbocycles. The Bertz CT molecular complexity index is 261. The highest BCUT2D eigenvalue weighted by molar-refractivity contribution is 7.98. The van der Waals surface area contributed by atoms with Crippen molar-refractivity contribution in [1.82, 2.24) is 0 Å². The van der Waals surface area contributed by atoms with E-state index in [0.717, 1.165) is 4.90 Å². The van der Waals surface area contributed by atoms with Crippen molar-refractivity contribution in [2.75, 3.05) is 6.26 Å². The monoisotopic (exact) mass is 203 g/mol. The minimum Gasteiger partial charge on any atom is -0.319 e. The lowest BCUT2D eigenvalue weighted by Gasteiger charge is -2.10. The van der Waals surface area contributed by atoms with Crippen LogP contribution in [0, 0.1) is 0 Å². The van der Waals surface area contributed by atoms with Gasteiger partial charge in [-0.1, -0.05) is 12.1 Å². The van der Waals surface area contributed by atoms with Crippen molar-refractivity contribution in [2.24, 2.45) is 5.73 Å². The maximum Gasteiger partial charge on any atom is 0.257 e. The molecule has 0 aliphatic rings. The Kier molecular flexibility index (Phi) is 3.69. The molecular weight excluding hydrogens is 192 g/mol. The Labute approximate surface area is 80.3 Å². The Morgan fingerprint density at radius 3 is 2.15 bits per heavy atom. The van der Waals surface area contributed by atoms with Crippen LogP contribution in [-0.4, -0.2) is 12.7 Å². The SMILES string of the molecule is CSc1ccc([C@H](N)C(F)F)cc1. The number of halogens is 2. The van der Waals surface area contributed by atoms with Crippen LogP contribution in [-0.2, 0) is 0 Å². The molecule has 0 aromatic heterocycles. The fraction of sp³-hybridized carbons (Fsp3) is 0.333. The number of nitrogens with two attached hydrogens (primary N) is 1. The average molecular weight is 203 g/mol. The summed E-state index contributed by atoms with van der Waals surface area (Å²) in [6.07, 6.45) is -0.567. The smallest absolute Gasteiger partial charge is 0.257 e. The molecule has 0 saturated heterocycles. The van der Waals surface area contributed by atoms with Gasteiger partial charge in [-0.25, -0.2) is 8.78 Å². The Hall–Kier alpha value is -0.610. The molecule has 1 nitrogen and oxygen atoms in total. The van der Waals surface area contributed by atoms with Crippen LogP contribution in [0.15, 0.2) is 29.2 Å². The number of rotatable bonds is 3. The second kappa shape index (κ2) is 4.58. The largest absolute Gasteiger partial charge is 0.319 e. The summed E-state index contributed by atoms with van der Waals surface area (Å²) < 4.78 is 24.3. The highest BCUT2D eigenvalue weighted by Crippen LogP contribution is 2.21. The molecule has 1 rings (SSSR count). The molecule has 1 aromatic rings. The maximum atomic E-state index is 12.2. The van der Waals surface area contributed by atoms with Crippen molar-refractivity contribution in [2.45, 2.75) is 17.4 Å². The zero-order valence-corrected chi connectivity index (χ0v) is 8.02. The Balaban J connectivity index is 2.79. The molecule has 0 unspecified atom stereocenters. The molecule has 1 atom stereocenters. The first kappa shape index (κ1) is 10.5. The van der Waals surface area contributed by atoms with Crippen molar-refractivity contribution in [3.8, 4) is 0 Å². The van der Waals surface area contributed by atoms with Crippen LogP contribution >= 0.6 is 11.8 Å². The molecule has 0 aliphatic carbocycles. The van der Waals surface area contributed by atoms with Gasteiger partial charge in [0.2, 0.25) is 0 Å². The number of benzene rings is 1. The van der Waals surface area contributed by atoms with E-state index in [9.17, 15) is 8.78 Å². The first-order chi connectivity index (χ1) is 6.15. The molecule has 0 spiro atoms. The van der Waals surface area contributed by atoms with Gasteiger partial charge in [0.15, 0.2) is 0 Å². The lowest BCUT2D eigenvalue weighted by molar-refractivity contribution is 0.116. The normalized spacial score (nSPS) is 13.3. The van der Waals surface area contributed by atoms with Crippen molar-refractivity contribution in [3.63, 3.8) is 0 Å². The van der Waals surface area contributed by atoms with Gasteiger partial charge in [-0.3, -0.25) is 0 Å². The highest BCUT2D eigenvalue weighted by Gasteiger charge is 2.16. The average Bonchev–Trinajstić information content (AvgIpc) is 2.17. The fourth-order valence-corrected chi connectivity index (χ4v) is 1.38. The van der Waals surface area contributed by atoms with Crippen LogP contribution in [0.2, 0.25) is 0 Å². The second-order valence-electron chi connectivity index (χ2n) is 2.63. The second-order valence-corrected chi connectivity index (χ2v) is 3.51. The Morgan fingerprint density at radius 1 is 1.23 bits per heavy atom. The van der Waals surface area contributed by atoms with Gasteiger partial charge in [0.25, 0.3) is 6.43 Å². The van der Waals surface area contributed by atoms with Crippen LogP contribution < -0.4 is 5.73 Å². The molecule has 0 heterocycles. The van der Waals surface area contributed by atoms with Crippen LogP contribution in [0.1, 0.15) is 11.6 Å². The lowest BCUT2D eigenvalue weighted by Crippen LogP contribution is -2.18. The molecule has 13 heavy (non-hydrogen) atoms. The van der Waals surface area contributed by atoms with Gasteiger partial charge in [-0.05, 0) is 24.0 Å². The summed E-state index contributed by atoms with van der Waals surface area (Å²) in [7, 11) is 0. The number of hydrogen-bond donors (Lipinski definition) is 1. The Morgan fingerprint density at radius 2 is 1.77 bits per heavy atom. The van der Waals surface area contributed by atoms with E-state index in [-0.39, 0.29) is 0 Å². The summed E-state index contributed by atoms with van der Waals surface area (Å²) in [5.74, 6) is 0. The minimum absolute atomic E-state index is 0.479. The fourth-order valence-electron chi connectivity index (χ4n) is 0.972. The summed E-state index contributed by atoms with van der Waals surface area (Å²) in [6.45, 7) is 0. The lowest BCUT2D eigenvalue weighted by atomic mass is 10.1. The number of alkyl halides is 2. The molecule has 2 N–H and O–H groups in total. The molecule has 0 radical (unpaired) electrons. The van der Waals surface area contributed by atoms with Gasteiger partial charge in [-0.2, -0.15) is 0 Å². The van der Waals surface area contributed by atoms with E-state index < -0.39 is 12.5 Å². The van der Waals surface area contributed by atoms with Gasteiger partial charge < -0.3 is 5.73 Å². The van der Waals surface area contributed by atoms with Crippen molar-refractivity contribution < 1.29 is 8.78 Å². The van der Waals surface area contributed by atoms with E-state index in [1.54, 1.807) is 36.0 Å². The van der Waals surface area contributed by atoms with E-state index in [4.69, 9.17) is 5.73 Å². The molecule has 0 aliphatic heterocycles. The quantitative estimate of drug-likeness (QED) is 0.764. The molecule has 0 saturated carbocycles. The summed E-state index contributed by atoms with van der Waals surface area (Å²) in [6, 6.07) is 5.70. The van der Waals surface area contributed by atoms with Crippen molar-refractivity contribution in [3.05, 3.63) is 29.8 Å². The minimum atomic E-state index is -2.50. The van der Waals surface area contributed by atoms with Gasteiger partial charge in [0.05, 0.1) is 6.04 Å². The highest BCUT2D eigenvalue weighted by atomic mass is 32.2. The van der Waals surface area contributed by atoms with Gasteiger partial charge in [0, 0.05) is 4.90 Å². The summed E-state index contributed by atoms with van der Waals surface area (Å²) in [5, 5.41) is 0. The zero-order chi connectivity index (χ0) is 9.84.